The summed E-state index contributed by atoms with van der Waals surface area (Å²) in [5.74, 6) is 0.756. The summed E-state index contributed by atoms with van der Waals surface area (Å²) < 4.78 is 0.898. The highest BCUT2D eigenvalue weighted by Gasteiger charge is 2.09. The first-order valence-corrected chi connectivity index (χ1v) is 5.08. The molecule has 0 radical (unpaired) electrons. The zero-order valence-electron chi connectivity index (χ0n) is 6.93. The Hall–Kier alpha value is -0.610. The Balaban J connectivity index is 2.79. The van der Waals surface area contributed by atoms with E-state index in [2.05, 4.69) is 30.9 Å². The van der Waals surface area contributed by atoms with Crippen LogP contribution in [0.5, 0.6) is 0 Å². The van der Waals surface area contributed by atoms with Crippen molar-refractivity contribution in [1.82, 2.24) is 15.0 Å². The van der Waals surface area contributed by atoms with Crippen molar-refractivity contribution >= 4 is 38.6 Å². The van der Waals surface area contributed by atoms with Crippen LogP contribution in [0.4, 0.5) is 0 Å². The van der Waals surface area contributed by atoms with E-state index in [1.807, 2.05) is 13.1 Å². The highest BCUT2D eigenvalue weighted by Crippen LogP contribution is 2.27. The molecule has 1 N–H and O–H groups in total. The van der Waals surface area contributed by atoms with Crippen molar-refractivity contribution in [3.63, 3.8) is 0 Å². The molecule has 68 valence electrons. The van der Waals surface area contributed by atoms with Gasteiger partial charge in [-0.3, -0.25) is 0 Å². The van der Waals surface area contributed by atoms with Gasteiger partial charge < -0.3 is 4.98 Å². The van der Waals surface area contributed by atoms with Gasteiger partial charge in [0.05, 0.1) is 5.39 Å². The highest BCUT2D eigenvalue weighted by atomic mass is 79.9. The maximum atomic E-state index is 5.99. The molecule has 2 aromatic rings. The smallest absolute Gasteiger partial charge is 0.143 e. The third-order valence-electron chi connectivity index (χ3n) is 1.80. The van der Waals surface area contributed by atoms with E-state index in [4.69, 9.17) is 11.6 Å². The normalized spacial score (nSPS) is 11.0. The fourth-order valence-corrected chi connectivity index (χ4v) is 2.05. The Morgan fingerprint density at radius 1 is 1.54 bits per heavy atom. The van der Waals surface area contributed by atoms with E-state index in [1.165, 1.54) is 0 Å². The van der Waals surface area contributed by atoms with Crippen molar-refractivity contribution in [1.29, 1.82) is 0 Å². The van der Waals surface area contributed by atoms with E-state index in [0.717, 1.165) is 27.8 Å². The van der Waals surface area contributed by atoms with E-state index in [0.29, 0.717) is 5.15 Å². The molecule has 0 amide bonds. The molecule has 0 atom stereocenters. The second-order valence-corrected chi connectivity index (χ2v) is 3.86. The van der Waals surface area contributed by atoms with Crippen LogP contribution in [0.3, 0.4) is 0 Å². The summed E-state index contributed by atoms with van der Waals surface area (Å²) in [7, 11) is 0. The Kier molecular flexibility index (Phi) is 2.26. The van der Waals surface area contributed by atoms with E-state index in [1.54, 1.807) is 0 Å². The molecule has 5 heteroatoms. The topological polar surface area (TPSA) is 41.6 Å². The molecule has 0 aliphatic carbocycles. The van der Waals surface area contributed by atoms with E-state index >= 15 is 0 Å². The number of H-pyrrole nitrogens is 1. The van der Waals surface area contributed by atoms with Crippen molar-refractivity contribution in [3.8, 4) is 0 Å². The quantitative estimate of drug-likeness (QED) is 0.801. The van der Waals surface area contributed by atoms with Crippen molar-refractivity contribution in [2.45, 2.75) is 13.3 Å². The number of halogens is 2. The Morgan fingerprint density at radius 3 is 3.00 bits per heavy atom. The summed E-state index contributed by atoms with van der Waals surface area (Å²) in [4.78, 5) is 11.5. The van der Waals surface area contributed by atoms with Gasteiger partial charge in [-0.1, -0.05) is 18.5 Å². The lowest BCUT2D eigenvalue weighted by Gasteiger charge is -1.97. The molecule has 3 nitrogen and oxygen atoms in total. The molecule has 0 aliphatic heterocycles. The largest absolute Gasteiger partial charge is 0.345 e. The zero-order valence-corrected chi connectivity index (χ0v) is 9.28. The minimum Gasteiger partial charge on any atom is -0.345 e. The van der Waals surface area contributed by atoms with Gasteiger partial charge in [0, 0.05) is 17.1 Å². The van der Waals surface area contributed by atoms with Crippen LogP contribution < -0.4 is 0 Å². The number of rotatable bonds is 1. The van der Waals surface area contributed by atoms with Crippen molar-refractivity contribution < 1.29 is 0 Å². The number of nitrogens with zero attached hydrogens (tertiary/aromatic N) is 2. The number of hydrogen-bond donors (Lipinski definition) is 1. The second kappa shape index (κ2) is 3.27. The number of fused-ring (bicyclic) bond motifs is 1. The summed E-state index contributed by atoms with van der Waals surface area (Å²) in [6, 6.07) is 0. The SMILES string of the molecule is CCc1nc(Cl)c2c(Br)c[nH]c2n1. The van der Waals surface area contributed by atoms with Gasteiger partial charge in [-0.15, -0.1) is 0 Å². The van der Waals surface area contributed by atoms with Crippen LogP contribution in [0, 0.1) is 0 Å². The van der Waals surface area contributed by atoms with Crippen LogP contribution in [0.2, 0.25) is 5.15 Å². The van der Waals surface area contributed by atoms with Gasteiger partial charge in [-0.2, -0.15) is 0 Å². The molecule has 2 rings (SSSR count). The van der Waals surface area contributed by atoms with Crippen LogP contribution in [-0.2, 0) is 6.42 Å². The predicted molar refractivity (Wildman–Crippen MR) is 56.0 cm³/mol. The van der Waals surface area contributed by atoms with E-state index < -0.39 is 0 Å². The summed E-state index contributed by atoms with van der Waals surface area (Å²) in [6.07, 6.45) is 2.59. The first-order chi connectivity index (χ1) is 6.22. The maximum absolute atomic E-state index is 5.99. The van der Waals surface area contributed by atoms with Crippen LogP contribution in [0.1, 0.15) is 12.7 Å². The highest BCUT2D eigenvalue weighted by molar-refractivity contribution is 9.10. The second-order valence-electron chi connectivity index (χ2n) is 2.64. The van der Waals surface area contributed by atoms with Gasteiger partial charge in [0.2, 0.25) is 0 Å². The zero-order chi connectivity index (χ0) is 9.42. The number of aromatic amines is 1. The van der Waals surface area contributed by atoms with Crippen LogP contribution in [-0.4, -0.2) is 15.0 Å². The van der Waals surface area contributed by atoms with Gasteiger partial charge >= 0.3 is 0 Å². The summed E-state index contributed by atoms with van der Waals surface area (Å²) >= 11 is 9.35. The van der Waals surface area contributed by atoms with Crippen molar-refractivity contribution in [2.24, 2.45) is 0 Å². The molecule has 0 saturated carbocycles. The molecule has 0 bridgehead atoms. The van der Waals surface area contributed by atoms with Gasteiger partial charge in [-0.25, -0.2) is 9.97 Å². The maximum Gasteiger partial charge on any atom is 0.143 e. The molecule has 0 unspecified atom stereocenters. The number of aryl methyl sites for hydroxylation is 1. The first kappa shape index (κ1) is 8.97. The van der Waals surface area contributed by atoms with Gasteiger partial charge in [0.25, 0.3) is 0 Å². The summed E-state index contributed by atoms with van der Waals surface area (Å²) in [5, 5.41) is 1.34. The van der Waals surface area contributed by atoms with E-state index in [9.17, 15) is 0 Å². The number of nitrogens with one attached hydrogen (secondary N) is 1. The number of hydrogen-bond acceptors (Lipinski definition) is 2. The average molecular weight is 261 g/mol. The molecule has 0 spiro atoms. The summed E-state index contributed by atoms with van der Waals surface area (Å²) in [5.41, 5.74) is 0.781. The molecule has 13 heavy (non-hydrogen) atoms. The molecule has 2 aromatic heterocycles. The van der Waals surface area contributed by atoms with Crippen LogP contribution in [0.15, 0.2) is 10.7 Å². The molecule has 2 heterocycles. The molecule has 0 saturated heterocycles. The third-order valence-corrected chi connectivity index (χ3v) is 2.70. The van der Waals surface area contributed by atoms with Gasteiger partial charge in [0.1, 0.15) is 16.6 Å². The first-order valence-electron chi connectivity index (χ1n) is 3.91. The standard InChI is InChI=1S/C8H7BrClN3/c1-2-5-12-7(10)6-4(9)3-11-8(6)13-5/h3H,2H2,1H3,(H,11,12,13). The third kappa shape index (κ3) is 1.44. The Labute approximate surface area is 88.7 Å². The molecule has 0 aliphatic rings. The molecule has 0 fully saturated rings. The predicted octanol–water partition coefficient (Wildman–Crippen LogP) is 2.94. The monoisotopic (exact) mass is 259 g/mol. The lowest BCUT2D eigenvalue weighted by molar-refractivity contribution is 0.956. The minimum atomic E-state index is 0.495. The molecular weight excluding hydrogens is 253 g/mol. The van der Waals surface area contributed by atoms with Crippen molar-refractivity contribution in [2.75, 3.05) is 0 Å². The fourth-order valence-electron chi connectivity index (χ4n) is 1.15. The van der Waals surface area contributed by atoms with Gasteiger partial charge in [-0.05, 0) is 15.9 Å². The van der Waals surface area contributed by atoms with Crippen LogP contribution in [0.25, 0.3) is 11.0 Å². The number of aromatic nitrogens is 3. The molecule has 0 aromatic carbocycles. The lowest BCUT2D eigenvalue weighted by atomic mass is 10.4. The minimum absolute atomic E-state index is 0.495. The van der Waals surface area contributed by atoms with E-state index in [-0.39, 0.29) is 0 Å². The Morgan fingerprint density at radius 2 is 2.31 bits per heavy atom. The van der Waals surface area contributed by atoms with Crippen LogP contribution >= 0.6 is 27.5 Å². The average Bonchev–Trinajstić information content (AvgIpc) is 2.48. The van der Waals surface area contributed by atoms with Gasteiger partial charge in [0.15, 0.2) is 0 Å². The summed E-state index contributed by atoms with van der Waals surface area (Å²) in [6.45, 7) is 2.00. The fraction of sp³-hybridized carbons (Fsp3) is 0.250. The Bertz CT molecular complexity index is 452. The van der Waals surface area contributed by atoms with Crippen molar-refractivity contribution in [3.05, 3.63) is 21.6 Å². The molecular formula is C8H7BrClN3. The lowest BCUT2D eigenvalue weighted by Crippen LogP contribution is -1.93.